The van der Waals surface area contributed by atoms with E-state index in [4.69, 9.17) is 18.9 Å². The molecule has 0 atom stereocenters. The second kappa shape index (κ2) is 7.91. The SMILES string of the molecule is COc1ccc(-c2c(C(=O)O)c3n(c2C)CCc2cc(OC)c(OC)cc2-3)cc1OC. The number of ether oxygens (including phenoxy) is 4. The van der Waals surface area contributed by atoms with Gasteiger partial charge in [-0.05, 0) is 48.7 Å². The van der Waals surface area contributed by atoms with E-state index in [9.17, 15) is 9.90 Å². The van der Waals surface area contributed by atoms with Gasteiger partial charge in [0.15, 0.2) is 23.0 Å². The molecule has 31 heavy (non-hydrogen) atoms. The first-order valence-electron chi connectivity index (χ1n) is 9.89. The van der Waals surface area contributed by atoms with Crippen LogP contribution in [0.15, 0.2) is 30.3 Å². The molecule has 1 N–H and O–H groups in total. The van der Waals surface area contributed by atoms with Crippen LogP contribution < -0.4 is 18.9 Å². The Balaban J connectivity index is 2.01. The van der Waals surface area contributed by atoms with E-state index in [1.165, 1.54) is 0 Å². The third-order valence-corrected chi connectivity index (χ3v) is 5.88. The van der Waals surface area contributed by atoms with Gasteiger partial charge in [-0.1, -0.05) is 6.07 Å². The Labute approximate surface area is 180 Å². The predicted octanol–water partition coefficient (Wildman–Crippen LogP) is 4.42. The van der Waals surface area contributed by atoms with E-state index in [1.807, 2.05) is 31.2 Å². The monoisotopic (exact) mass is 423 g/mol. The maximum absolute atomic E-state index is 12.5. The van der Waals surface area contributed by atoms with Gasteiger partial charge in [-0.25, -0.2) is 4.79 Å². The van der Waals surface area contributed by atoms with Crippen molar-refractivity contribution < 1.29 is 28.8 Å². The lowest BCUT2D eigenvalue weighted by molar-refractivity contribution is 0.0698. The van der Waals surface area contributed by atoms with Crippen LogP contribution in [0.4, 0.5) is 0 Å². The van der Waals surface area contributed by atoms with Crippen LogP contribution >= 0.6 is 0 Å². The van der Waals surface area contributed by atoms with E-state index in [2.05, 4.69) is 4.57 Å². The fraction of sp³-hybridized carbons (Fsp3) is 0.292. The lowest BCUT2D eigenvalue weighted by Gasteiger charge is -2.23. The third kappa shape index (κ3) is 3.17. The van der Waals surface area contributed by atoms with E-state index in [0.717, 1.165) is 28.8 Å². The highest BCUT2D eigenvalue weighted by molar-refractivity contribution is 6.04. The first kappa shape index (κ1) is 20.7. The Morgan fingerprint density at radius 3 is 2.13 bits per heavy atom. The summed E-state index contributed by atoms with van der Waals surface area (Å²) >= 11 is 0. The highest BCUT2D eigenvalue weighted by Gasteiger charge is 2.31. The van der Waals surface area contributed by atoms with E-state index in [-0.39, 0.29) is 5.56 Å². The quantitative estimate of drug-likeness (QED) is 0.632. The molecule has 0 fully saturated rings. The molecule has 2 heterocycles. The lowest BCUT2D eigenvalue weighted by atomic mass is 9.93. The summed E-state index contributed by atoms with van der Waals surface area (Å²) in [6, 6.07) is 9.26. The van der Waals surface area contributed by atoms with E-state index < -0.39 is 5.97 Å². The molecule has 7 nitrogen and oxygen atoms in total. The molecule has 1 aliphatic heterocycles. The van der Waals surface area contributed by atoms with Crippen LogP contribution in [0.2, 0.25) is 0 Å². The van der Waals surface area contributed by atoms with Crippen LogP contribution in [0.25, 0.3) is 22.4 Å². The van der Waals surface area contributed by atoms with Gasteiger partial charge in [0.2, 0.25) is 0 Å². The average Bonchev–Trinajstić information content (AvgIpc) is 3.10. The summed E-state index contributed by atoms with van der Waals surface area (Å²) in [5, 5.41) is 10.3. The van der Waals surface area contributed by atoms with Crippen LogP contribution in [0.3, 0.4) is 0 Å². The Hall–Kier alpha value is -3.61. The highest BCUT2D eigenvalue weighted by Crippen LogP contribution is 2.46. The number of nitrogens with zero attached hydrogens (tertiary/aromatic N) is 1. The largest absolute Gasteiger partial charge is 0.493 e. The zero-order valence-corrected chi connectivity index (χ0v) is 18.2. The van der Waals surface area contributed by atoms with Crippen molar-refractivity contribution in [1.82, 2.24) is 4.57 Å². The van der Waals surface area contributed by atoms with Gasteiger partial charge < -0.3 is 28.6 Å². The Morgan fingerprint density at radius 2 is 1.52 bits per heavy atom. The van der Waals surface area contributed by atoms with Crippen LogP contribution in [-0.2, 0) is 13.0 Å². The molecule has 4 rings (SSSR count). The predicted molar refractivity (Wildman–Crippen MR) is 117 cm³/mol. The number of hydrogen-bond acceptors (Lipinski definition) is 5. The fourth-order valence-corrected chi connectivity index (χ4v) is 4.43. The molecule has 0 radical (unpaired) electrons. The lowest BCUT2D eigenvalue weighted by Crippen LogP contribution is -2.14. The minimum absolute atomic E-state index is 0.262. The van der Waals surface area contributed by atoms with Gasteiger partial charge in [0, 0.05) is 23.4 Å². The zero-order chi connectivity index (χ0) is 22.3. The van der Waals surface area contributed by atoms with Crippen molar-refractivity contribution in [2.75, 3.05) is 28.4 Å². The minimum atomic E-state index is -0.982. The molecule has 1 aromatic heterocycles. The summed E-state index contributed by atoms with van der Waals surface area (Å²) in [6.45, 7) is 2.63. The van der Waals surface area contributed by atoms with Gasteiger partial charge in [0.05, 0.1) is 39.7 Å². The summed E-state index contributed by atoms with van der Waals surface area (Å²) in [7, 11) is 6.30. The van der Waals surface area contributed by atoms with Crippen molar-refractivity contribution in [2.45, 2.75) is 19.9 Å². The van der Waals surface area contributed by atoms with Crippen molar-refractivity contribution >= 4 is 5.97 Å². The van der Waals surface area contributed by atoms with Crippen molar-refractivity contribution in [2.24, 2.45) is 0 Å². The Morgan fingerprint density at radius 1 is 0.903 bits per heavy atom. The average molecular weight is 423 g/mol. The number of aromatic nitrogens is 1. The molecule has 2 aromatic carbocycles. The molecule has 0 spiro atoms. The van der Waals surface area contributed by atoms with E-state index >= 15 is 0 Å². The van der Waals surface area contributed by atoms with Crippen molar-refractivity contribution in [3.63, 3.8) is 0 Å². The zero-order valence-electron chi connectivity index (χ0n) is 18.2. The highest BCUT2D eigenvalue weighted by atomic mass is 16.5. The van der Waals surface area contributed by atoms with Crippen molar-refractivity contribution in [1.29, 1.82) is 0 Å². The molecule has 162 valence electrons. The molecular formula is C24H25NO6. The maximum atomic E-state index is 12.5. The summed E-state index contributed by atoms with van der Waals surface area (Å²) in [5.41, 5.74) is 5.14. The van der Waals surface area contributed by atoms with Gasteiger partial charge in [-0.2, -0.15) is 0 Å². The topological polar surface area (TPSA) is 79.2 Å². The normalized spacial score (nSPS) is 12.0. The standard InChI is InChI=1S/C24H25NO6/c1-13-21(15-6-7-17(28-2)18(11-15)29-3)22(24(26)27)23-16-12-20(31-5)19(30-4)10-14(16)8-9-25(13)23/h6-7,10-12H,8-9H2,1-5H3,(H,26,27). The number of aromatic carboxylic acids is 1. The van der Waals surface area contributed by atoms with E-state index in [1.54, 1.807) is 34.5 Å². The van der Waals surface area contributed by atoms with Crippen LogP contribution in [-0.4, -0.2) is 44.1 Å². The summed E-state index contributed by atoms with van der Waals surface area (Å²) in [6.07, 6.45) is 0.767. The number of carbonyl (C=O) groups is 1. The first-order chi connectivity index (χ1) is 14.9. The number of aryl methyl sites for hydroxylation is 1. The van der Waals surface area contributed by atoms with E-state index in [0.29, 0.717) is 40.8 Å². The second-order valence-corrected chi connectivity index (χ2v) is 7.32. The number of carboxylic acid groups (broad SMARTS) is 1. The Kier molecular flexibility index (Phi) is 5.27. The van der Waals surface area contributed by atoms with Crippen LogP contribution in [0.5, 0.6) is 23.0 Å². The summed E-state index contributed by atoms with van der Waals surface area (Å²) in [5.74, 6) is 1.36. The molecule has 0 amide bonds. The fourth-order valence-electron chi connectivity index (χ4n) is 4.43. The minimum Gasteiger partial charge on any atom is -0.493 e. The number of hydrogen-bond donors (Lipinski definition) is 1. The summed E-state index contributed by atoms with van der Waals surface area (Å²) < 4.78 is 23.8. The Bertz CT molecular complexity index is 1180. The van der Waals surface area contributed by atoms with Gasteiger partial charge in [0.25, 0.3) is 0 Å². The van der Waals surface area contributed by atoms with Crippen LogP contribution in [0.1, 0.15) is 21.6 Å². The molecule has 1 aliphatic rings. The van der Waals surface area contributed by atoms with Crippen molar-refractivity contribution in [3.8, 4) is 45.4 Å². The molecule has 0 saturated heterocycles. The van der Waals surface area contributed by atoms with Crippen LogP contribution in [0, 0.1) is 6.92 Å². The molecule has 7 heteroatoms. The first-order valence-corrected chi connectivity index (χ1v) is 9.89. The second-order valence-electron chi connectivity index (χ2n) is 7.32. The number of rotatable bonds is 6. The van der Waals surface area contributed by atoms with Gasteiger partial charge in [0.1, 0.15) is 0 Å². The number of fused-ring (bicyclic) bond motifs is 3. The number of carboxylic acids is 1. The van der Waals surface area contributed by atoms with Crippen molar-refractivity contribution in [3.05, 3.63) is 47.2 Å². The molecule has 0 unspecified atom stereocenters. The summed E-state index contributed by atoms with van der Waals surface area (Å²) in [4.78, 5) is 12.5. The van der Waals surface area contributed by atoms with Gasteiger partial charge in [-0.3, -0.25) is 0 Å². The number of benzene rings is 2. The third-order valence-electron chi connectivity index (χ3n) is 5.88. The molecule has 3 aromatic rings. The molecule has 0 bridgehead atoms. The van der Waals surface area contributed by atoms with Gasteiger partial charge >= 0.3 is 5.97 Å². The molecular weight excluding hydrogens is 398 g/mol. The molecule has 0 saturated carbocycles. The smallest absolute Gasteiger partial charge is 0.338 e. The number of methoxy groups -OCH3 is 4. The molecule has 0 aliphatic carbocycles. The maximum Gasteiger partial charge on any atom is 0.338 e. The van der Waals surface area contributed by atoms with Gasteiger partial charge in [-0.15, -0.1) is 0 Å².